The van der Waals surface area contributed by atoms with Crippen molar-refractivity contribution in [1.82, 2.24) is 10.3 Å². The first-order valence-corrected chi connectivity index (χ1v) is 7.88. The van der Waals surface area contributed by atoms with Gasteiger partial charge in [0.1, 0.15) is 5.54 Å². The molecule has 2 N–H and O–H groups in total. The standard InChI is InChI=1S/C12H18N2O3S2/c1-8-13-9(7-19-8)6-18-5-4-10(15)14-12(2,3)11(16)17/h7H,4-6H2,1-3H3,(H,14,15)(H,16,17). The highest BCUT2D eigenvalue weighted by Crippen LogP contribution is 2.15. The van der Waals surface area contributed by atoms with Crippen LogP contribution in [0.3, 0.4) is 0 Å². The summed E-state index contributed by atoms with van der Waals surface area (Å²) in [4.78, 5) is 26.8. The molecule has 0 aliphatic carbocycles. The number of carbonyl (C=O) groups is 2. The first kappa shape index (κ1) is 16.0. The number of hydrogen-bond donors (Lipinski definition) is 2. The molecule has 0 aliphatic rings. The highest BCUT2D eigenvalue weighted by Gasteiger charge is 2.28. The lowest BCUT2D eigenvalue weighted by Crippen LogP contribution is -2.49. The maximum Gasteiger partial charge on any atom is 0.328 e. The lowest BCUT2D eigenvalue weighted by atomic mass is 10.1. The average molecular weight is 302 g/mol. The maximum absolute atomic E-state index is 11.6. The Hall–Kier alpha value is -1.08. The number of aliphatic carboxylic acids is 1. The van der Waals surface area contributed by atoms with Crippen LogP contribution >= 0.6 is 23.1 Å². The number of nitrogens with zero attached hydrogens (tertiary/aromatic N) is 1. The van der Waals surface area contributed by atoms with Crippen LogP contribution in [0.5, 0.6) is 0 Å². The molecule has 0 fully saturated rings. The molecule has 0 saturated carbocycles. The van der Waals surface area contributed by atoms with Gasteiger partial charge in [0.15, 0.2) is 0 Å². The van der Waals surface area contributed by atoms with Gasteiger partial charge >= 0.3 is 5.97 Å². The van der Waals surface area contributed by atoms with Gasteiger partial charge in [-0.3, -0.25) is 4.79 Å². The van der Waals surface area contributed by atoms with Gasteiger partial charge in [0.25, 0.3) is 0 Å². The molecular weight excluding hydrogens is 284 g/mol. The normalized spacial score (nSPS) is 11.3. The summed E-state index contributed by atoms with van der Waals surface area (Å²) in [6.45, 7) is 4.90. The fourth-order valence-electron chi connectivity index (χ4n) is 1.28. The molecule has 0 saturated heterocycles. The molecule has 1 heterocycles. The van der Waals surface area contributed by atoms with Crippen LogP contribution < -0.4 is 5.32 Å². The summed E-state index contributed by atoms with van der Waals surface area (Å²) in [7, 11) is 0. The molecule has 1 amide bonds. The molecule has 106 valence electrons. The summed E-state index contributed by atoms with van der Waals surface area (Å²) < 4.78 is 0. The lowest BCUT2D eigenvalue weighted by molar-refractivity contribution is -0.145. The fraction of sp³-hybridized carbons (Fsp3) is 0.583. The molecule has 0 aliphatic heterocycles. The fourth-order valence-corrected chi connectivity index (χ4v) is 2.83. The van der Waals surface area contributed by atoms with E-state index in [2.05, 4.69) is 10.3 Å². The van der Waals surface area contributed by atoms with Crippen LogP contribution in [0.4, 0.5) is 0 Å². The van der Waals surface area contributed by atoms with E-state index in [1.165, 1.54) is 13.8 Å². The van der Waals surface area contributed by atoms with Crippen molar-refractivity contribution in [3.05, 3.63) is 16.1 Å². The van der Waals surface area contributed by atoms with E-state index in [1.54, 1.807) is 23.1 Å². The van der Waals surface area contributed by atoms with Gasteiger partial charge in [0.05, 0.1) is 10.7 Å². The van der Waals surface area contributed by atoms with E-state index < -0.39 is 11.5 Å². The number of aromatic nitrogens is 1. The van der Waals surface area contributed by atoms with Crippen LogP contribution in [0, 0.1) is 6.92 Å². The Morgan fingerprint density at radius 2 is 2.21 bits per heavy atom. The first-order valence-electron chi connectivity index (χ1n) is 5.84. The Labute approximate surface area is 120 Å². The minimum absolute atomic E-state index is 0.241. The predicted octanol–water partition coefficient (Wildman–Crippen LogP) is 2.05. The molecule has 0 unspecified atom stereocenters. The number of carbonyl (C=O) groups excluding carboxylic acids is 1. The van der Waals surface area contributed by atoms with Gasteiger partial charge in [-0.25, -0.2) is 9.78 Å². The molecule has 7 heteroatoms. The second kappa shape index (κ2) is 6.91. The van der Waals surface area contributed by atoms with Crippen molar-refractivity contribution in [1.29, 1.82) is 0 Å². The van der Waals surface area contributed by atoms with Crippen molar-refractivity contribution in [2.45, 2.75) is 38.5 Å². The van der Waals surface area contributed by atoms with Crippen LogP contribution in [0.1, 0.15) is 31.0 Å². The largest absolute Gasteiger partial charge is 0.480 e. The highest BCUT2D eigenvalue weighted by molar-refractivity contribution is 7.98. The number of hydrogen-bond acceptors (Lipinski definition) is 5. The molecular formula is C12H18N2O3S2. The molecule has 1 aromatic heterocycles. The van der Waals surface area contributed by atoms with E-state index >= 15 is 0 Å². The minimum atomic E-state index is -1.21. The molecule has 0 atom stereocenters. The summed E-state index contributed by atoms with van der Waals surface area (Å²) in [5, 5.41) is 14.4. The van der Waals surface area contributed by atoms with E-state index in [-0.39, 0.29) is 5.91 Å². The zero-order chi connectivity index (χ0) is 14.5. The number of thiazole rings is 1. The monoisotopic (exact) mass is 302 g/mol. The summed E-state index contributed by atoms with van der Waals surface area (Å²) >= 11 is 3.23. The van der Waals surface area contributed by atoms with Gasteiger partial charge in [0.2, 0.25) is 5.91 Å². The van der Waals surface area contributed by atoms with Crippen molar-refractivity contribution in [2.75, 3.05) is 5.75 Å². The van der Waals surface area contributed by atoms with Crippen molar-refractivity contribution in [2.24, 2.45) is 0 Å². The summed E-state index contributed by atoms with van der Waals surface area (Å²) in [5.74, 6) is 0.152. The minimum Gasteiger partial charge on any atom is -0.480 e. The number of thioether (sulfide) groups is 1. The third-order valence-corrected chi connectivity index (χ3v) is 4.19. The van der Waals surface area contributed by atoms with Crippen LogP contribution in [0.25, 0.3) is 0 Å². The summed E-state index contributed by atoms with van der Waals surface area (Å²) in [5.41, 5.74) is -0.188. The van der Waals surface area contributed by atoms with Gasteiger partial charge in [-0.05, 0) is 20.8 Å². The second-order valence-corrected chi connectivity index (χ2v) is 6.81. The van der Waals surface area contributed by atoms with Crippen molar-refractivity contribution in [3.63, 3.8) is 0 Å². The quantitative estimate of drug-likeness (QED) is 0.754. The third kappa shape index (κ3) is 5.61. The number of carboxylic acids is 1. The number of aryl methyl sites for hydroxylation is 1. The van der Waals surface area contributed by atoms with Crippen LogP contribution in [0.2, 0.25) is 0 Å². The maximum atomic E-state index is 11.6. The summed E-state index contributed by atoms with van der Waals surface area (Å²) in [6.07, 6.45) is 0.310. The second-order valence-electron chi connectivity index (χ2n) is 4.64. The number of rotatable bonds is 7. The van der Waals surface area contributed by atoms with E-state index in [0.29, 0.717) is 12.2 Å². The van der Waals surface area contributed by atoms with E-state index in [0.717, 1.165) is 16.5 Å². The third-order valence-electron chi connectivity index (χ3n) is 2.38. The first-order chi connectivity index (χ1) is 8.81. The Bertz CT molecular complexity index is 458. The van der Waals surface area contributed by atoms with E-state index in [4.69, 9.17) is 5.11 Å². The lowest BCUT2D eigenvalue weighted by Gasteiger charge is -2.20. The van der Waals surface area contributed by atoms with Crippen molar-refractivity contribution >= 4 is 35.0 Å². The van der Waals surface area contributed by atoms with Gasteiger partial charge in [-0.1, -0.05) is 0 Å². The van der Waals surface area contributed by atoms with Crippen molar-refractivity contribution < 1.29 is 14.7 Å². The Kier molecular flexibility index (Phi) is 5.81. The summed E-state index contributed by atoms with van der Waals surface area (Å²) in [6, 6.07) is 0. The zero-order valence-corrected chi connectivity index (χ0v) is 12.9. The van der Waals surface area contributed by atoms with Crippen LogP contribution in [-0.2, 0) is 15.3 Å². The highest BCUT2D eigenvalue weighted by atomic mass is 32.2. The topological polar surface area (TPSA) is 79.3 Å². The number of carboxylic acid groups (broad SMARTS) is 1. The van der Waals surface area contributed by atoms with Crippen LogP contribution in [-0.4, -0.2) is 33.3 Å². The molecule has 5 nitrogen and oxygen atoms in total. The van der Waals surface area contributed by atoms with Gasteiger partial charge in [0, 0.05) is 23.3 Å². The molecule has 0 radical (unpaired) electrons. The smallest absolute Gasteiger partial charge is 0.328 e. The average Bonchev–Trinajstić information content (AvgIpc) is 2.70. The number of amides is 1. The van der Waals surface area contributed by atoms with E-state index in [9.17, 15) is 9.59 Å². The molecule has 0 spiro atoms. The van der Waals surface area contributed by atoms with E-state index in [1.807, 2.05) is 12.3 Å². The van der Waals surface area contributed by atoms with Crippen molar-refractivity contribution in [3.8, 4) is 0 Å². The van der Waals surface area contributed by atoms with Gasteiger partial charge in [-0.2, -0.15) is 11.8 Å². The SMILES string of the molecule is Cc1nc(CSCCC(=O)NC(C)(C)C(=O)O)cs1. The Morgan fingerprint density at radius 1 is 1.53 bits per heavy atom. The zero-order valence-electron chi connectivity index (χ0n) is 11.2. The van der Waals surface area contributed by atoms with Gasteiger partial charge in [-0.15, -0.1) is 11.3 Å². The Balaban J connectivity index is 2.22. The molecule has 19 heavy (non-hydrogen) atoms. The van der Waals surface area contributed by atoms with Gasteiger partial charge < -0.3 is 10.4 Å². The molecule has 0 bridgehead atoms. The molecule has 1 aromatic rings. The molecule has 1 rings (SSSR count). The predicted molar refractivity (Wildman–Crippen MR) is 77.5 cm³/mol. The van der Waals surface area contributed by atoms with Crippen LogP contribution in [0.15, 0.2) is 5.38 Å². The Morgan fingerprint density at radius 3 is 2.74 bits per heavy atom. The number of nitrogens with one attached hydrogen (secondary N) is 1. The molecule has 0 aromatic carbocycles.